The Bertz CT molecular complexity index is 1060. The molecule has 5 rings (SSSR count). The Balaban J connectivity index is 1.40. The van der Waals surface area contributed by atoms with E-state index in [4.69, 9.17) is 9.72 Å². The molecule has 0 aliphatic carbocycles. The highest BCUT2D eigenvalue weighted by atomic mass is 32.2. The summed E-state index contributed by atoms with van der Waals surface area (Å²) in [7, 11) is -0.248. The molecule has 0 spiro atoms. The van der Waals surface area contributed by atoms with Crippen molar-refractivity contribution in [3.8, 4) is 0 Å². The molecule has 0 unspecified atom stereocenters. The standard InChI is InChI=1S/C28H31N2O2S/c1-28(2,3)32-27(31)30-21-15-16-25(30)24(18-21)20-14-17-26(29-19-20)33(22-10-6-4-7-11-22)23-12-8-5-9-13-23/h4-14,17,19,21,24-25H,15-16,18H2,1-3H3/q+1/t21-,24-,25+/m1/s1. The zero-order valence-electron chi connectivity index (χ0n) is 19.5. The van der Waals surface area contributed by atoms with E-state index in [9.17, 15) is 4.79 Å². The van der Waals surface area contributed by atoms with E-state index in [1.807, 2.05) is 31.9 Å². The van der Waals surface area contributed by atoms with Gasteiger partial charge in [0.1, 0.15) is 16.5 Å². The van der Waals surface area contributed by atoms with Gasteiger partial charge in [0.2, 0.25) is 0 Å². The van der Waals surface area contributed by atoms with Crippen LogP contribution >= 0.6 is 0 Å². The highest BCUT2D eigenvalue weighted by molar-refractivity contribution is 7.97. The van der Waals surface area contributed by atoms with Gasteiger partial charge in [0.25, 0.3) is 5.03 Å². The van der Waals surface area contributed by atoms with Crippen LogP contribution in [0.2, 0.25) is 0 Å². The third kappa shape index (κ3) is 4.51. The number of aromatic nitrogens is 1. The number of carbonyl (C=O) groups excluding carboxylic acids is 1. The van der Waals surface area contributed by atoms with E-state index in [2.05, 4.69) is 72.8 Å². The largest absolute Gasteiger partial charge is 0.444 e. The highest BCUT2D eigenvalue weighted by Gasteiger charge is 2.50. The van der Waals surface area contributed by atoms with Crippen LogP contribution in [0.1, 0.15) is 51.5 Å². The van der Waals surface area contributed by atoms with Crippen LogP contribution in [-0.4, -0.2) is 33.7 Å². The van der Waals surface area contributed by atoms with E-state index in [1.165, 1.54) is 15.4 Å². The maximum Gasteiger partial charge on any atom is 0.410 e. The minimum atomic E-state index is -0.470. The first kappa shape index (κ1) is 22.0. The fourth-order valence-electron chi connectivity index (χ4n) is 5.17. The van der Waals surface area contributed by atoms with E-state index in [-0.39, 0.29) is 29.1 Å². The number of pyridine rings is 1. The number of carbonyl (C=O) groups is 1. The second-order valence-corrected chi connectivity index (χ2v) is 11.9. The Kier molecular flexibility index (Phi) is 5.92. The van der Waals surface area contributed by atoms with Gasteiger partial charge in [-0.1, -0.05) is 42.5 Å². The van der Waals surface area contributed by atoms with Crippen molar-refractivity contribution in [3.05, 3.63) is 84.6 Å². The average molecular weight is 460 g/mol. The lowest BCUT2D eigenvalue weighted by Crippen LogP contribution is -2.40. The molecule has 2 aliphatic heterocycles. The van der Waals surface area contributed by atoms with Crippen LogP contribution < -0.4 is 0 Å². The van der Waals surface area contributed by atoms with E-state index < -0.39 is 5.60 Å². The van der Waals surface area contributed by atoms with Gasteiger partial charge in [-0.2, -0.15) is 0 Å². The topological polar surface area (TPSA) is 42.4 Å². The van der Waals surface area contributed by atoms with Crippen molar-refractivity contribution in [2.45, 2.75) is 78.5 Å². The van der Waals surface area contributed by atoms with Gasteiger partial charge >= 0.3 is 6.09 Å². The number of rotatable bonds is 4. The van der Waals surface area contributed by atoms with Crippen molar-refractivity contribution in [2.75, 3.05) is 0 Å². The molecule has 170 valence electrons. The molecule has 3 aromatic rings. The maximum absolute atomic E-state index is 12.8. The van der Waals surface area contributed by atoms with Crippen LogP contribution in [0.3, 0.4) is 0 Å². The number of ether oxygens (including phenoxy) is 1. The van der Waals surface area contributed by atoms with Crippen molar-refractivity contribution >= 4 is 17.0 Å². The zero-order valence-corrected chi connectivity index (χ0v) is 20.3. The van der Waals surface area contributed by atoms with Crippen LogP contribution in [0, 0.1) is 0 Å². The molecule has 2 saturated heterocycles. The van der Waals surface area contributed by atoms with Crippen molar-refractivity contribution in [1.29, 1.82) is 0 Å². The minimum Gasteiger partial charge on any atom is -0.444 e. The van der Waals surface area contributed by atoms with Crippen LogP contribution in [0.15, 0.2) is 93.8 Å². The SMILES string of the molecule is CC(C)(C)OC(=O)N1[C@@H]2CC[C@H]1[C@@H](c1ccc([S+](c3ccccc3)c3ccccc3)nc1)C2. The second kappa shape index (κ2) is 8.86. The zero-order chi connectivity index (χ0) is 23.0. The first-order valence-electron chi connectivity index (χ1n) is 11.7. The number of benzene rings is 2. The van der Waals surface area contributed by atoms with Gasteiger partial charge in [-0.15, -0.1) is 0 Å². The van der Waals surface area contributed by atoms with E-state index >= 15 is 0 Å². The number of hydrogen-bond donors (Lipinski definition) is 0. The molecule has 1 amide bonds. The van der Waals surface area contributed by atoms with Crippen LogP contribution in [0.4, 0.5) is 4.79 Å². The predicted molar refractivity (Wildman–Crippen MR) is 132 cm³/mol. The Hall–Kier alpha value is -2.79. The summed E-state index contributed by atoms with van der Waals surface area (Å²) in [6, 6.07) is 26.1. The van der Waals surface area contributed by atoms with Gasteiger partial charge in [0.05, 0.1) is 0 Å². The van der Waals surface area contributed by atoms with Gasteiger partial charge in [-0.3, -0.25) is 0 Å². The van der Waals surface area contributed by atoms with Gasteiger partial charge in [-0.05, 0) is 69.9 Å². The summed E-state index contributed by atoms with van der Waals surface area (Å²) in [4.78, 5) is 22.3. The molecular weight excluding hydrogens is 428 g/mol. The number of hydrogen-bond acceptors (Lipinski definition) is 3. The summed E-state index contributed by atoms with van der Waals surface area (Å²) in [5, 5.41) is 1.07. The smallest absolute Gasteiger partial charge is 0.410 e. The Morgan fingerprint density at radius 3 is 2.12 bits per heavy atom. The molecule has 0 N–H and O–H groups in total. The fraction of sp³-hybridized carbons (Fsp3) is 0.357. The third-order valence-electron chi connectivity index (χ3n) is 6.50. The Morgan fingerprint density at radius 2 is 1.58 bits per heavy atom. The lowest BCUT2D eigenvalue weighted by atomic mass is 9.85. The summed E-state index contributed by atoms with van der Waals surface area (Å²) in [5.41, 5.74) is 0.756. The van der Waals surface area contributed by atoms with Crippen molar-refractivity contribution in [1.82, 2.24) is 9.88 Å². The molecule has 4 nitrogen and oxygen atoms in total. The molecule has 5 heteroatoms. The van der Waals surface area contributed by atoms with E-state index in [1.54, 1.807) is 0 Å². The van der Waals surface area contributed by atoms with Gasteiger partial charge < -0.3 is 9.64 Å². The molecule has 0 radical (unpaired) electrons. The third-order valence-corrected chi connectivity index (χ3v) is 8.64. The number of fused-ring (bicyclic) bond motifs is 2. The monoisotopic (exact) mass is 459 g/mol. The van der Waals surface area contributed by atoms with Crippen LogP contribution in [0.25, 0.3) is 0 Å². The van der Waals surface area contributed by atoms with Crippen LogP contribution in [-0.2, 0) is 15.6 Å². The molecule has 3 heterocycles. The Labute approximate surface area is 199 Å². The molecule has 0 saturated carbocycles. The van der Waals surface area contributed by atoms with E-state index in [0.717, 1.165) is 24.3 Å². The number of amides is 1. The van der Waals surface area contributed by atoms with Gasteiger partial charge in [0, 0.05) is 30.3 Å². The van der Waals surface area contributed by atoms with Gasteiger partial charge in [0.15, 0.2) is 9.79 Å². The Morgan fingerprint density at radius 1 is 0.939 bits per heavy atom. The van der Waals surface area contributed by atoms with Crippen molar-refractivity contribution < 1.29 is 9.53 Å². The van der Waals surface area contributed by atoms with Gasteiger partial charge in [-0.25, -0.2) is 9.78 Å². The van der Waals surface area contributed by atoms with Crippen molar-refractivity contribution in [3.63, 3.8) is 0 Å². The minimum absolute atomic E-state index is 0.170. The summed E-state index contributed by atoms with van der Waals surface area (Å²) >= 11 is 0. The lowest BCUT2D eigenvalue weighted by molar-refractivity contribution is 0.0213. The summed E-state index contributed by atoms with van der Waals surface area (Å²) in [6.07, 6.45) is 4.97. The lowest BCUT2D eigenvalue weighted by Gasteiger charge is -2.28. The highest BCUT2D eigenvalue weighted by Crippen LogP contribution is 2.47. The van der Waals surface area contributed by atoms with Crippen LogP contribution in [0.5, 0.6) is 0 Å². The maximum atomic E-state index is 12.8. The normalized spacial score (nSPS) is 22.1. The fourth-order valence-corrected chi connectivity index (χ4v) is 7.14. The molecule has 2 aromatic carbocycles. The second-order valence-electron chi connectivity index (χ2n) is 9.89. The first-order valence-corrected chi connectivity index (χ1v) is 12.9. The summed E-state index contributed by atoms with van der Waals surface area (Å²) in [5.74, 6) is 0.327. The first-order chi connectivity index (χ1) is 15.9. The van der Waals surface area contributed by atoms with E-state index in [0.29, 0.717) is 5.92 Å². The molecule has 2 aliphatic rings. The molecule has 2 bridgehead atoms. The average Bonchev–Trinajstić information content (AvgIpc) is 3.39. The molecule has 3 atom stereocenters. The van der Waals surface area contributed by atoms with Crippen molar-refractivity contribution in [2.24, 2.45) is 0 Å². The molecule has 33 heavy (non-hydrogen) atoms. The molecular formula is C28H31N2O2S+. The summed E-state index contributed by atoms with van der Waals surface area (Å²) < 4.78 is 5.71. The number of nitrogens with zero attached hydrogens (tertiary/aromatic N) is 2. The molecule has 2 fully saturated rings. The quantitative estimate of drug-likeness (QED) is 0.422. The predicted octanol–water partition coefficient (Wildman–Crippen LogP) is 6.43. The summed E-state index contributed by atoms with van der Waals surface area (Å²) in [6.45, 7) is 5.79. The molecule has 1 aromatic heterocycles.